The van der Waals surface area contributed by atoms with Gasteiger partial charge in [-0.1, -0.05) is 6.92 Å². The number of aldehydes is 1. The van der Waals surface area contributed by atoms with E-state index in [2.05, 4.69) is 0 Å². The molecule has 1 N–H and O–H groups in total. The third-order valence-electron chi connectivity index (χ3n) is 5.85. The molecule has 9 nitrogen and oxygen atoms in total. The van der Waals surface area contributed by atoms with Gasteiger partial charge in [-0.05, 0) is 57.0 Å². The standard InChI is InChI=1S/C26H28N2O7/c1-6-15-16-9-14(34-25(32)35-26(2,3)4)7-8-20(16)27-23-18(15)11-28-21(23)10-17(22(30)12-29)19(13-33-5)24(28)31/h7-10,12,22,30H,6,11,13H2,1-5H3. The molecule has 9 heteroatoms. The molecule has 4 rings (SSSR count). The molecule has 1 aromatic carbocycles. The second-order valence-corrected chi connectivity index (χ2v) is 9.39. The number of aliphatic hydroxyl groups excluding tert-OH is 1. The van der Waals surface area contributed by atoms with Crippen LogP contribution in [0.4, 0.5) is 4.79 Å². The highest BCUT2D eigenvalue weighted by atomic mass is 16.7. The number of rotatable bonds is 6. The van der Waals surface area contributed by atoms with Gasteiger partial charge in [0.2, 0.25) is 0 Å². The molecular formula is C26H28N2O7. The number of carbonyl (C=O) groups is 2. The van der Waals surface area contributed by atoms with Crippen molar-refractivity contribution in [1.82, 2.24) is 9.55 Å². The molecule has 0 spiro atoms. The Balaban J connectivity index is 1.84. The molecule has 2 aromatic heterocycles. The van der Waals surface area contributed by atoms with Gasteiger partial charge in [0, 0.05) is 29.2 Å². The van der Waals surface area contributed by atoms with E-state index in [0.29, 0.717) is 41.9 Å². The Bertz CT molecular complexity index is 1390. The van der Waals surface area contributed by atoms with Crippen molar-refractivity contribution in [3.05, 3.63) is 56.9 Å². The summed E-state index contributed by atoms with van der Waals surface area (Å²) < 4.78 is 17.4. The summed E-state index contributed by atoms with van der Waals surface area (Å²) in [5.41, 5.74) is 3.09. The third kappa shape index (κ3) is 4.56. The van der Waals surface area contributed by atoms with Crippen LogP contribution in [0.5, 0.6) is 5.75 Å². The van der Waals surface area contributed by atoms with Gasteiger partial charge in [-0.15, -0.1) is 0 Å². The molecule has 35 heavy (non-hydrogen) atoms. The van der Waals surface area contributed by atoms with Crippen molar-refractivity contribution in [2.45, 2.75) is 59.0 Å². The highest BCUT2D eigenvalue weighted by Gasteiger charge is 2.29. The number of nitrogens with zero attached hydrogens (tertiary/aromatic N) is 2. The molecule has 0 saturated carbocycles. The number of hydrogen-bond donors (Lipinski definition) is 1. The minimum Gasteiger partial charge on any atom is -0.428 e. The van der Waals surface area contributed by atoms with Crippen LogP contribution in [0.1, 0.15) is 56.1 Å². The van der Waals surface area contributed by atoms with Crippen LogP contribution in [-0.2, 0) is 33.8 Å². The van der Waals surface area contributed by atoms with Gasteiger partial charge in [0.1, 0.15) is 17.5 Å². The molecule has 0 saturated heterocycles. The van der Waals surface area contributed by atoms with Crippen molar-refractivity contribution >= 4 is 23.3 Å². The molecule has 1 unspecified atom stereocenters. The van der Waals surface area contributed by atoms with Crippen molar-refractivity contribution in [2.75, 3.05) is 7.11 Å². The van der Waals surface area contributed by atoms with E-state index in [1.165, 1.54) is 7.11 Å². The van der Waals surface area contributed by atoms with E-state index >= 15 is 0 Å². The Hall–Kier alpha value is -3.56. The monoisotopic (exact) mass is 480 g/mol. The summed E-state index contributed by atoms with van der Waals surface area (Å²) in [6.45, 7) is 7.54. The van der Waals surface area contributed by atoms with E-state index in [9.17, 15) is 19.5 Å². The summed E-state index contributed by atoms with van der Waals surface area (Å²) >= 11 is 0. The fourth-order valence-corrected chi connectivity index (χ4v) is 4.41. The quantitative estimate of drug-likeness (QED) is 0.252. The molecule has 0 radical (unpaired) electrons. The van der Waals surface area contributed by atoms with E-state index in [4.69, 9.17) is 19.2 Å². The second-order valence-electron chi connectivity index (χ2n) is 9.39. The SMILES string of the molecule is CCc1c2c(nc3ccc(OC(=O)OC(C)(C)C)cc13)-c1cc(C(O)C=O)c(COC)c(=O)n1C2. The lowest BCUT2D eigenvalue weighted by Gasteiger charge is -2.19. The molecule has 3 heterocycles. The fraction of sp³-hybridized carbons (Fsp3) is 0.385. The number of aliphatic hydroxyl groups is 1. The topological polar surface area (TPSA) is 117 Å². The number of hydrogen-bond acceptors (Lipinski definition) is 8. The van der Waals surface area contributed by atoms with Crippen molar-refractivity contribution in [3.63, 3.8) is 0 Å². The van der Waals surface area contributed by atoms with Gasteiger partial charge in [0.15, 0.2) is 6.29 Å². The number of carbonyl (C=O) groups excluding carboxylic acids is 2. The van der Waals surface area contributed by atoms with E-state index in [1.807, 2.05) is 6.92 Å². The number of aromatic nitrogens is 2. The van der Waals surface area contributed by atoms with Crippen LogP contribution in [0.2, 0.25) is 0 Å². The van der Waals surface area contributed by atoms with Gasteiger partial charge in [-0.25, -0.2) is 9.78 Å². The van der Waals surface area contributed by atoms with Crippen molar-refractivity contribution in [2.24, 2.45) is 0 Å². The van der Waals surface area contributed by atoms with Crippen molar-refractivity contribution in [1.29, 1.82) is 0 Å². The van der Waals surface area contributed by atoms with Crippen LogP contribution < -0.4 is 10.3 Å². The summed E-state index contributed by atoms with van der Waals surface area (Å²) in [5.74, 6) is 0.328. The van der Waals surface area contributed by atoms with Crippen LogP contribution in [0.15, 0.2) is 29.1 Å². The maximum atomic E-state index is 13.3. The zero-order chi connectivity index (χ0) is 25.5. The largest absolute Gasteiger partial charge is 0.514 e. The number of methoxy groups -OCH3 is 1. The summed E-state index contributed by atoms with van der Waals surface area (Å²) in [6, 6.07) is 6.76. The molecule has 1 atom stereocenters. The first kappa shape index (κ1) is 24.6. The Morgan fingerprint density at radius 3 is 2.63 bits per heavy atom. The maximum Gasteiger partial charge on any atom is 0.514 e. The van der Waals surface area contributed by atoms with Crippen molar-refractivity contribution < 1.29 is 28.9 Å². The van der Waals surface area contributed by atoms with Crippen LogP contribution in [-0.4, -0.2) is 39.8 Å². The smallest absolute Gasteiger partial charge is 0.428 e. The highest BCUT2D eigenvalue weighted by molar-refractivity contribution is 5.89. The maximum absolute atomic E-state index is 13.3. The Labute approximate surface area is 202 Å². The van der Waals surface area contributed by atoms with E-state index in [1.54, 1.807) is 49.6 Å². The van der Waals surface area contributed by atoms with Gasteiger partial charge in [-0.3, -0.25) is 4.79 Å². The first-order chi connectivity index (χ1) is 16.6. The van der Waals surface area contributed by atoms with Gasteiger partial charge >= 0.3 is 6.16 Å². The molecule has 1 aliphatic rings. The lowest BCUT2D eigenvalue weighted by molar-refractivity contribution is -0.115. The number of aryl methyl sites for hydroxylation is 1. The summed E-state index contributed by atoms with van der Waals surface area (Å²) in [4.78, 5) is 41.5. The third-order valence-corrected chi connectivity index (χ3v) is 5.85. The predicted octanol–water partition coefficient (Wildman–Crippen LogP) is 3.68. The Kier molecular flexibility index (Phi) is 6.48. The van der Waals surface area contributed by atoms with E-state index in [-0.39, 0.29) is 23.3 Å². The number of pyridine rings is 2. The lowest BCUT2D eigenvalue weighted by atomic mass is 9.98. The van der Waals surface area contributed by atoms with Crippen LogP contribution >= 0.6 is 0 Å². The van der Waals surface area contributed by atoms with Gasteiger partial charge in [0.25, 0.3) is 5.56 Å². The average molecular weight is 481 g/mol. The summed E-state index contributed by atoms with van der Waals surface area (Å²) in [7, 11) is 1.45. The van der Waals surface area contributed by atoms with Crippen molar-refractivity contribution in [3.8, 4) is 17.1 Å². The molecule has 184 valence electrons. The molecule has 0 bridgehead atoms. The highest BCUT2D eigenvalue weighted by Crippen LogP contribution is 2.38. The molecule has 0 aliphatic carbocycles. The number of benzene rings is 1. The second kappa shape index (κ2) is 9.24. The molecule has 1 aliphatic heterocycles. The van der Waals surface area contributed by atoms with Crippen LogP contribution in [0.25, 0.3) is 22.3 Å². The Morgan fingerprint density at radius 1 is 1.26 bits per heavy atom. The lowest BCUT2D eigenvalue weighted by Crippen LogP contribution is -2.26. The zero-order valence-corrected chi connectivity index (χ0v) is 20.4. The van der Waals surface area contributed by atoms with Crippen LogP contribution in [0.3, 0.4) is 0 Å². The first-order valence-corrected chi connectivity index (χ1v) is 11.3. The fourth-order valence-electron chi connectivity index (χ4n) is 4.41. The first-order valence-electron chi connectivity index (χ1n) is 11.3. The molecular weight excluding hydrogens is 452 g/mol. The summed E-state index contributed by atoms with van der Waals surface area (Å²) in [6.07, 6.45) is -1.20. The number of fused-ring (bicyclic) bond motifs is 4. The average Bonchev–Trinajstić information content (AvgIpc) is 3.16. The normalized spacial score (nSPS) is 13.3. The van der Waals surface area contributed by atoms with Gasteiger partial charge in [0.05, 0.1) is 30.1 Å². The van der Waals surface area contributed by atoms with E-state index < -0.39 is 17.9 Å². The van der Waals surface area contributed by atoms with Gasteiger partial charge in [-0.2, -0.15) is 0 Å². The molecule has 0 fully saturated rings. The minimum atomic E-state index is -1.44. The minimum absolute atomic E-state index is 0.0307. The molecule has 3 aromatic rings. The van der Waals surface area contributed by atoms with E-state index in [0.717, 1.165) is 16.5 Å². The van der Waals surface area contributed by atoms with Crippen LogP contribution in [0, 0.1) is 0 Å². The zero-order valence-electron chi connectivity index (χ0n) is 20.4. The summed E-state index contributed by atoms with van der Waals surface area (Å²) in [5, 5.41) is 11.0. The number of ether oxygens (including phenoxy) is 3. The molecule has 0 amide bonds. The Morgan fingerprint density at radius 2 is 2.00 bits per heavy atom. The predicted molar refractivity (Wildman–Crippen MR) is 129 cm³/mol. The van der Waals surface area contributed by atoms with Gasteiger partial charge < -0.3 is 28.7 Å².